The Morgan fingerprint density at radius 1 is 1.21 bits per heavy atom. The highest BCUT2D eigenvalue weighted by atomic mass is 19.1. The number of halogens is 1. The minimum Gasteiger partial charge on any atom is -0.454 e. The van der Waals surface area contributed by atoms with Crippen molar-refractivity contribution in [2.75, 3.05) is 6.79 Å². The highest BCUT2D eigenvalue weighted by Crippen LogP contribution is 2.35. The van der Waals surface area contributed by atoms with Gasteiger partial charge in [0.25, 0.3) is 0 Å². The van der Waals surface area contributed by atoms with Crippen LogP contribution in [-0.4, -0.2) is 6.79 Å². The lowest BCUT2D eigenvalue weighted by Gasteiger charge is -2.01. The molecule has 3 heteroatoms. The molecule has 1 aliphatic heterocycles. The van der Waals surface area contributed by atoms with Crippen molar-refractivity contribution < 1.29 is 13.9 Å². The summed E-state index contributed by atoms with van der Waals surface area (Å²) in [5.74, 6) is 1.08. The summed E-state index contributed by atoms with van der Waals surface area (Å²) in [5.41, 5.74) is 1.19. The van der Waals surface area contributed by atoms with Crippen molar-refractivity contribution in [2.45, 2.75) is 13.8 Å². The molecule has 0 spiro atoms. The molecule has 1 aromatic rings. The van der Waals surface area contributed by atoms with E-state index in [2.05, 4.69) is 0 Å². The summed E-state index contributed by atoms with van der Waals surface area (Å²) in [6.07, 6.45) is 0. The lowest BCUT2D eigenvalue weighted by Crippen LogP contribution is -1.92. The van der Waals surface area contributed by atoms with Crippen LogP contribution < -0.4 is 9.47 Å². The average Bonchev–Trinajstić information content (AvgIpc) is 2.62. The molecule has 1 aliphatic rings. The zero-order chi connectivity index (χ0) is 10.1. The maximum atomic E-state index is 13.5. The van der Waals surface area contributed by atoms with Crippen LogP contribution in [0.5, 0.6) is 11.5 Å². The van der Waals surface area contributed by atoms with Crippen LogP contribution in [0.25, 0.3) is 5.83 Å². The molecule has 1 heterocycles. The zero-order valence-corrected chi connectivity index (χ0v) is 8.13. The quantitative estimate of drug-likeness (QED) is 0.683. The van der Waals surface area contributed by atoms with Crippen LogP contribution >= 0.6 is 0 Å². The molecule has 0 aliphatic carbocycles. The van der Waals surface area contributed by atoms with Crippen molar-refractivity contribution in [3.8, 4) is 11.5 Å². The topological polar surface area (TPSA) is 18.5 Å². The monoisotopic (exact) mass is 194 g/mol. The van der Waals surface area contributed by atoms with Crippen molar-refractivity contribution >= 4 is 5.83 Å². The Balaban J connectivity index is 2.43. The Morgan fingerprint density at radius 2 is 1.93 bits per heavy atom. The molecule has 0 saturated carbocycles. The molecule has 2 nitrogen and oxygen atoms in total. The summed E-state index contributed by atoms with van der Waals surface area (Å²) in [6, 6.07) is 5.07. The number of hydrogen-bond donors (Lipinski definition) is 0. The largest absolute Gasteiger partial charge is 0.454 e. The molecule has 0 radical (unpaired) electrons. The third kappa shape index (κ3) is 1.45. The Bertz CT molecular complexity index is 392. The molecule has 0 bridgehead atoms. The Hall–Kier alpha value is -1.51. The van der Waals surface area contributed by atoms with Crippen LogP contribution in [0, 0.1) is 0 Å². The van der Waals surface area contributed by atoms with Crippen molar-refractivity contribution in [1.29, 1.82) is 0 Å². The van der Waals surface area contributed by atoms with Gasteiger partial charge in [0.2, 0.25) is 6.79 Å². The van der Waals surface area contributed by atoms with Gasteiger partial charge in [-0.1, -0.05) is 0 Å². The number of ether oxygens (including phenoxy) is 2. The van der Waals surface area contributed by atoms with Crippen LogP contribution in [0.3, 0.4) is 0 Å². The van der Waals surface area contributed by atoms with Gasteiger partial charge in [-0.05, 0) is 37.6 Å². The van der Waals surface area contributed by atoms with E-state index in [1.54, 1.807) is 32.0 Å². The second-order valence-corrected chi connectivity index (χ2v) is 3.38. The van der Waals surface area contributed by atoms with Crippen molar-refractivity contribution in [3.05, 3.63) is 29.3 Å². The van der Waals surface area contributed by atoms with Crippen LogP contribution in [0.1, 0.15) is 19.4 Å². The van der Waals surface area contributed by atoms with E-state index in [1.165, 1.54) is 0 Å². The molecule has 0 fully saturated rings. The van der Waals surface area contributed by atoms with Crippen LogP contribution in [0.2, 0.25) is 0 Å². The first-order valence-corrected chi connectivity index (χ1v) is 4.41. The van der Waals surface area contributed by atoms with Gasteiger partial charge >= 0.3 is 0 Å². The summed E-state index contributed by atoms with van der Waals surface area (Å²) in [4.78, 5) is 0. The second kappa shape index (κ2) is 3.33. The molecular formula is C11H11FO2. The fourth-order valence-corrected chi connectivity index (χ4v) is 1.32. The van der Waals surface area contributed by atoms with E-state index in [0.717, 1.165) is 0 Å². The van der Waals surface area contributed by atoms with E-state index in [9.17, 15) is 4.39 Å². The summed E-state index contributed by atoms with van der Waals surface area (Å²) in [7, 11) is 0. The van der Waals surface area contributed by atoms with Gasteiger partial charge < -0.3 is 9.47 Å². The van der Waals surface area contributed by atoms with Gasteiger partial charge in [-0.25, -0.2) is 4.39 Å². The minimum absolute atomic E-state index is 0.205. The highest BCUT2D eigenvalue weighted by molar-refractivity contribution is 5.65. The van der Waals surface area contributed by atoms with Gasteiger partial charge in [0.15, 0.2) is 11.5 Å². The average molecular weight is 194 g/mol. The summed E-state index contributed by atoms with van der Waals surface area (Å²) >= 11 is 0. The zero-order valence-electron chi connectivity index (χ0n) is 8.13. The minimum atomic E-state index is -0.205. The Kier molecular flexibility index (Phi) is 2.15. The lowest BCUT2D eigenvalue weighted by atomic mass is 10.1. The van der Waals surface area contributed by atoms with Gasteiger partial charge in [0, 0.05) is 5.56 Å². The lowest BCUT2D eigenvalue weighted by molar-refractivity contribution is 0.174. The normalized spacial score (nSPS) is 12.8. The number of rotatable bonds is 1. The first-order valence-electron chi connectivity index (χ1n) is 4.41. The van der Waals surface area contributed by atoms with Crippen LogP contribution in [-0.2, 0) is 0 Å². The van der Waals surface area contributed by atoms with Gasteiger partial charge in [0.05, 0.1) is 0 Å². The predicted molar refractivity (Wildman–Crippen MR) is 51.9 cm³/mol. The summed E-state index contributed by atoms with van der Waals surface area (Å²) in [5, 5.41) is 0. The standard InChI is InChI=1S/C11H11FO2/c1-7(2)11(12)8-3-4-9-10(5-8)14-6-13-9/h3-5H,6H2,1-2H3. The van der Waals surface area contributed by atoms with E-state index in [-0.39, 0.29) is 12.6 Å². The van der Waals surface area contributed by atoms with Crippen LogP contribution in [0.15, 0.2) is 23.8 Å². The van der Waals surface area contributed by atoms with E-state index in [0.29, 0.717) is 22.6 Å². The molecule has 74 valence electrons. The third-order valence-electron chi connectivity index (χ3n) is 2.06. The number of fused-ring (bicyclic) bond motifs is 1. The van der Waals surface area contributed by atoms with Crippen LogP contribution in [0.4, 0.5) is 4.39 Å². The number of benzene rings is 1. The molecule has 2 rings (SSSR count). The molecule has 1 aromatic carbocycles. The molecular weight excluding hydrogens is 183 g/mol. The molecule has 0 aromatic heterocycles. The summed E-state index contributed by atoms with van der Waals surface area (Å²) in [6.45, 7) is 3.69. The van der Waals surface area contributed by atoms with E-state index < -0.39 is 0 Å². The van der Waals surface area contributed by atoms with Crippen molar-refractivity contribution in [2.24, 2.45) is 0 Å². The molecule has 0 unspecified atom stereocenters. The van der Waals surface area contributed by atoms with E-state index >= 15 is 0 Å². The van der Waals surface area contributed by atoms with Gasteiger partial charge in [-0.2, -0.15) is 0 Å². The first kappa shape index (κ1) is 9.06. The summed E-state index contributed by atoms with van der Waals surface area (Å²) < 4.78 is 23.8. The predicted octanol–water partition coefficient (Wildman–Crippen LogP) is 3.14. The maximum Gasteiger partial charge on any atom is 0.231 e. The SMILES string of the molecule is CC(C)=C(F)c1ccc2c(c1)OCO2. The Labute approximate surface area is 82.0 Å². The van der Waals surface area contributed by atoms with Gasteiger partial charge in [-0.15, -0.1) is 0 Å². The smallest absolute Gasteiger partial charge is 0.231 e. The molecule has 0 saturated heterocycles. The fourth-order valence-electron chi connectivity index (χ4n) is 1.32. The number of hydrogen-bond acceptors (Lipinski definition) is 2. The Morgan fingerprint density at radius 3 is 2.64 bits per heavy atom. The van der Waals surface area contributed by atoms with Gasteiger partial charge in [0.1, 0.15) is 5.83 Å². The van der Waals surface area contributed by atoms with E-state index in [4.69, 9.17) is 9.47 Å². The molecule has 0 N–H and O–H groups in total. The molecule has 0 atom stereocenters. The van der Waals surface area contributed by atoms with Crippen molar-refractivity contribution in [1.82, 2.24) is 0 Å². The molecule has 14 heavy (non-hydrogen) atoms. The second-order valence-electron chi connectivity index (χ2n) is 3.38. The van der Waals surface area contributed by atoms with Gasteiger partial charge in [-0.3, -0.25) is 0 Å². The number of allylic oxidation sites excluding steroid dienone is 1. The van der Waals surface area contributed by atoms with Crippen molar-refractivity contribution in [3.63, 3.8) is 0 Å². The fraction of sp³-hybridized carbons (Fsp3) is 0.273. The third-order valence-corrected chi connectivity index (χ3v) is 2.06. The van der Waals surface area contributed by atoms with E-state index in [1.807, 2.05) is 0 Å². The maximum absolute atomic E-state index is 13.5. The first-order chi connectivity index (χ1) is 6.68. The highest BCUT2D eigenvalue weighted by Gasteiger charge is 2.14. The molecule has 0 amide bonds.